The summed E-state index contributed by atoms with van der Waals surface area (Å²) in [4.78, 5) is 2.05. The van der Waals surface area contributed by atoms with E-state index in [0.717, 1.165) is 13.1 Å². The van der Waals surface area contributed by atoms with Crippen molar-refractivity contribution in [2.75, 3.05) is 26.3 Å². The molecule has 0 aromatic rings. The third-order valence-electron chi connectivity index (χ3n) is 2.26. The van der Waals surface area contributed by atoms with Gasteiger partial charge in [0.15, 0.2) is 0 Å². The van der Waals surface area contributed by atoms with Gasteiger partial charge in [-0.15, -0.1) is 0 Å². The Morgan fingerprint density at radius 1 is 1.27 bits per heavy atom. The fraction of sp³-hybridized carbons (Fsp3) is 0.750. The molecular formula is C8H15NO2. The van der Waals surface area contributed by atoms with Gasteiger partial charge in [-0.3, -0.25) is 4.90 Å². The highest BCUT2D eigenvalue weighted by Gasteiger charge is 2.30. The Kier molecular flexibility index (Phi) is 2.65. The summed E-state index contributed by atoms with van der Waals surface area (Å²) in [7, 11) is 0. The molecule has 0 aliphatic carbocycles. The second-order valence-corrected chi connectivity index (χ2v) is 3.19. The second kappa shape index (κ2) is 3.34. The maximum absolute atomic E-state index is 9.02. The maximum Gasteiger partial charge on any atom is 0.0649 e. The van der Waals surface area contributed by atoms with Gasteiger partial charge in [0.25, 0.3) is 0 Å². The highest BCUT2D eigenvalue weighted by Crippen LogP contribution is 2.16. The van der Waals surface area contributed by atoms with Crippen LogP contribution in [0.1, 0.15) is 6.92 Å². The number of nitrogens with zero attached hydrogens (tertiary/aromatic N) is 1. The van der Waals surface area contributed by atoms with Crippen molar-refractivity contribution in [2.45, 2.75) is 12.5 Å². The Balaban J connectivity index is 2.54. The third-order valence-corrected chi connectivity index (χ3v) is 2.26. The zero-order valence-corrected chi connectivity index (χ0v) is 6.82. The van der Waals surface area contributed by atoms with E-state index in [-0.39, 0.29) is 13.2 Å². The Labute approximate surface area is 66.9 Å². The van der Waals surface area contributed by atoms with E-state index in [1.807, 2.05) is 24.0 Å². The minimum Gasteiger partial charge on any atom is -0.394 e. The first kappa shape index (κ1) is 8.71. The van der Waals surface area contributed by atoms with Crippen LogP contribution in [0.3, 0.4) is 0 Å². The molecule has 11 heavy (non-hydrogen) atoms. The monoisotopic (exact) mass is 157 g/mol. The molecule has 0 radical (unpaired) electrons. The van der Waals surface area contributed by atoms with Crippen LogP contribution in [0.15, 0.2) is 12.2 Å². The summed E-state index contributed by atoms with van der Waals surface area (Å²) in [6, 6.07) is 0. The highest BCUT2D eigenvalue weighted by molar-refractivity contribution is 5.01. The van der Waals surface area contributed by atoms with Crippen LogP contribution < -0.4 is 0 Å². The lowest BCUT2D eigenvalue weighted by molar-refractivity contribution is 0.0172. The van der Waals surface area contributed by atoms with Crippen LogP contribution >= 0.6 is 0 Å². The Morgan fingerprint density at radius 2 is 1.73 bits per heavy atom. The smallest absolute Gasteiger partial charge is 0.0649 e. The number of rotatable bonds is 3. The van der Waals surface area contributed by atoms with Gasteiger partial charge >= 0.3 is 0 Å². The van der Waals surface area contributed by atoms with Gasteiger partial charge in [0, 0.05) is 13.1 Å². The van der Waals surface area contributed by atoms with Crippen LogP contribution in [0.2, 0.25) is 0 Å². The normalized spacial score (nSPS) is 19.5. The van der Waals surface area contributed by atoms with Crippen LogP contribution in [0.25, 0.3) is 0 Å². The molecule has 0 bridgehead atoms. The predicted octanol–water partition coefficient (Wildman–Crippen LogP) is -0.399. The molecule has 0 spiro atoms. The lowest BCUT2D eigenvalue weighted by atomic mass is 10.0. The molecule has 0 unspecified atom stereocenters. The molecule has 2 N–H and O–H groups in total. The van der Waals surface area contributed by atoms with E-state index >= 15 is 0 Å². The Bertz CT molecular complexity index is 144. The van der Waals surface area contributed by atoms with E-state index in [9.17, 15) is 0 Å². The summed E-state index contributed by atoms with van der Waals surface area (Å²) >= 11 is 0. The molecule has 1 heterocycles. The molecule has 1 aliphatic heterocycles. The Morgan fingerprint density at radius 3 is 2.09 bits per heavy atom. The van der Waals surface area contributed by atoms with Gasteiger partial charge in [-0.2, -0.15) is 0 Å². The van der Waals surface area contributed by atoms with Crippen LogP contribution in [-0.4, -0.2) is 47.0 Å². The predicted molar refractivity (Wildman–Crippen MR) is 43.3 cm³/mol. The molecule has 3 nitrogen and oxygen atoms in total. The van der Waals surface area contributed by atoms with E-state index in [4.69, 9.17) is 10.2 Å². The zero-order valence-electron chi connectivity index (χ0n) is 6.82. The average molecular weight is 157 g/mol. The Hall–Kier alpha value is -0.380. The molecule has 0 aromatic heterocycles. The van der Waals surface area contributed by atoms with Crippen molar-refractivity contribution >= 4 is 0 Å². The number of hydrogen-bond acceptors (Lipinski definition) is 3. The van der Waals surface area contributed by atoms with Crippen molar-refractivity contribution in [1.29, 1.82) is 0 Å². The minimum absolute atomic E-state index is 0.00514. The van der Waals surface area contributed by atoms with Crippen LogP contribution in [-0.2, 0) is 0 Å². The van der Waals surface area contributed by atoms with Gasteiger partial charge in [-0.05, 0) is 6.92 Å². The molecule has 0 amide bonds. The van der Waals surface area contributed by atoms with E-state index in [1.54, 1.807) is 0 Å². The fourth-order valence-corrected chi connectivity index (χ4v) is 1.17. The summed E-state index contributed by atoms with van der Waals surface area (Å²) in [6.07, 6.45) is 4.09. The summed E-state index contributed by atoms with van der Waals surface area (Å²) in [5.74, 6) is 0. The van der Waals surface area contributed by atoms with E-state index < -0.39 is 5.54 Å². The van der Waals surface area contributed by atoms with Gasteiger partial charge in [0.2, 0.25) is 0 Å². The van der Waals surface area contributed by atoms with Gasteiger partial charge < -0.3 is 10.2 Å². The second-order valence-electron chi connectivity index (χ2n) is 3.19. The SMILES string of the molecule is CC(CO)(CO)N1CC=CC1. The van der Waals surface area contributed by atoms with E-state index in [2.05, 4.69) is 0 Å². The largest absolute Gasteiger partial charge is 0.394 e. The molecule has 3 heteroatoms. The first-order valence-corrected chi connectivity index (χ1v) is 3.85. The topological polar surface area (TPSA) is 43.7 Å². The van der Waals surface area contributed by atoms with Crippen molar-refractivity contribution < 1.29 is 10.2 Å². The average Bonchev–Trinajstić information content (AvgIpc) is 2.55. The molecule has 0 saturated heterocycles. The van der Waals surface area contributed by atoms with Gasteiger partial charge in [-0.25, -0.2) is 0 Å². The first-order chi connectivity index (χ1) is 5.23. The fourth-order valence-electron chi connectivity index (χ4n) is 1.17. The van der Waals surface area contributed by atoms with Gasteiger partial charge in [0.05, 0.1) is 18.8 Å². The third kappa shape index (κ3) is 1.61. The number of aliphatic hydroxyl groups excluding tert-OH is 2. The zero-order chi connectivity index (χ0) is 8.32. The lowest BCUT2D eigenvalue weighted by Crippen LogP contribution is -2.50. The minimum atomic E-state index is -0.455. The van der Waals surface area contributed by atoms with Crippen molar-refractivity contribution in [1.82, 2.24) is 4.90 Å². The van der Waals surface area contributed by atoms with Crippen LogP contribution in [0.4, 0.5) is 0 Å². The molecule has 1 rings (SSSR count). The molecule has 1 aliphatic rings. The quantitative estimate of drug-likeness (QED) is 0.548. The summed E-state index contributed by atoms with van der Waals surface area (Å²) in [5.41, 5.74) is -0.455. The summed E-state index contributed by atoms with van der Waals surface area (Å²) in [6.45, 7) is 3.53. The first-order valence-electron chi connectivity index (χ1n) is 3.85. The molecule has 64 valence electrons. The van der Waals surface area contributed by atoms with Crippen molar-refractivity contribution in [3.8, 4) is 0 Å². The van der Waals surface area contributed by atoms with Crippen LogP contribution in [0.5, 0.6) is 0 Å². The molecule has 0 saturated carbocycles. The van der Waals surface area contributed by atoms with E-state index in [1.165, 1.54) is 0 Å². The van der Waals surface area contributed by atoms with Crippen molar-refractivity contribution in [2.24, 2.45) is 0 Å². The molecular weight excluding hydrogens is 142 g/mol. The van der Waals surface area contributed by atoms with Crippen molar-refractivity contribution in [3.63, 3.8) is 0 Å². The standard InChI is InChI=1S/C8H15NO2/c1-8(6-10,7-11)9-4-2-3-5-9/h2-3,10-11H,4-7H2,1H3. The highest BCUT2D eigenvalue weighted by atomic mass is 16.3. The van der Waals surface area contributed by atoms with Crippen molar-refractivity contribution in [3.05, 3.63) is 12.2 Å². The molecule has 0 fully saturated rings. The molecule has 0 aromatic carbocycles. The lowest BCUT2D eigenvalue weighted by Gasteiger charge is -2.35. The van der Waals surface area contributed by atoms with E-state index in [0.29, 0.717) is 0 Å². The molecule has 0 atom stereocenters. The van der Waals surface area contributed by atoms with Gasteiger partial charge in [0.1, 0.15) is 0 Å². The number of hydrogen-bond donors (Lipinski definition) is 2. The summed E-state index contributed by atoms with van der Waals surface area (Å²) in [5, 5.41) is 18.0. The van der Waals surface area contributed by atoms with Gasteiger partial charge in [-0.1, -0.05) is 12.2 Å². The van der Waals surface area contributed by atoms with Crippen LogP contribution in [0, 0.1) is 0 Å². The number of aliphatic hydroxyl groups is 2. The summed E-state index contributed by atoms with van der Waals surface area (Å²) < 4.78 is 0. The maximum atomic E-state index is 9.02.